The van der Waals surface area contributed by atoms with Crippen LogP contribution in [0.2, 0.25) is 0 Å². The number of alkyl halides is 1. The quantitative estimate of drug-likeness (QED) is 0.659. The number of pyridine rings is 1. The molecule has 2 atom stereocenters. The molecule has 2 fully saturated rings. The van der Waals surface area contributed by atoms with Crippen molar-refractivity contribution in [1.82, 2.24) is 24.9 Å². The van der Waals surface area contributed by atoms with Crippen LogP contribution in [0.15, 0.2) is 24.4 Å². The number of methoxy groups -OCH3 is 2. The lowest BCUT2D eigenvalue weighted by atomic mass is 10.2. The van der Waals surface area contributed by atoms with Gasteiger partial charge in [-0.2, -0.15) is 5.10 Å². The van der Waals surface area contributed by atoms with Gasteiger partial charge in [0.05, 0.1) is 32.2 Å². The second-order valence-electron chi connectivity index (χ2n) is 7.46. The molecule has 9 heteroatoms. The Morgan fingerprint density at radius 1 is 1.17 bits per heavy atom. The molecule has 0 amide bonds. The van der Waals surface area contributed by atoms with Crippen LogP contribution in [0.1, 0.15) is 24.5 Å². The van der Waals surface area contributed by atoms with E-state index in [9.17, 15) is 4.39 Å². The average Bonchev–Trinajstić information content (AvgIpc) is 3.39. The monoisotopic (exact) mass is 398 g/mol. The molecule has 5 rings (SSSR count). The number of fused-ring (bicyclic) bond motifs is 1. The first kappa shape index (κ1) is 18.1. The number of hydrogen-bond acceptors (Lipinski definition) is 7. The number of ether oxygens (including phenoxy) is 2. The lowest BCUT2D eigenvalue weighted by molar-refractivity contribution is 0.341. The van der Waals surface area contributed by atoms with E-state index in [1.807, 2.05) is 18.2 Å². The molecular weight excluding hydrogens is 375 g/mol. The Balaban J connectivity index is 1.55. The van der Waals surface area contributed by atoms with Gasteiger partial charge in [0, 0.05) is 25.1 Å². The molecule has 0 spiro atoms. The summed E-state index contributed by atoms with van der Waals surface area (Å²) in [7, 11) is 3.23. The van der Waals surface area contributed by atoms with Crippen molar-refractivity contribution in [2.24, 2.45) is 0 Å². The van der Waals surface area contributed by atoms with Crippen molar-refractivity contribution in [1.29, 1.82) is 0 Å². The fourth-order valence-electron chi connectivity index (χ4n) is 3.71. The number of anilines is 1. The molecule has 29 heavy (non-hydrogen) atoms. The Morgan fingerprint density at radius 2 is 2.00 bits per heavy atom. The lowest BCUT2D eigenvalue weighted by Gasteiger charge is -2.17. The third kappa shape index (κ3) is 3.25. The zero-order chi connectivity index (χ0) is 20.0. The molecule has 3 aromatic rings. The second-order valence-corrected chi connectivity index (χ2v) is 7.46. The van der Waals surface area contributed by atoms with Crippen LogP contribution in [0, 0.1) is 0 Å². The van der Waals surface area contributed by atoms with Crippen molar-refractivity contribution in [2.75, 3.05) is 32.6 Å². The smallest absolute Gasteiger partial charge is 0.169 e. The third-order valence-corrected chi connectivity index (χ3v) is 5.47. The Hall–Kier alpha value is -2.94. The summed E-state index contributed by atoms with van der Waals surface area (Å²) in [5.74, 6) is 2.27. The highest BCUT2D eigenvalue weighted by molar-refractivity contribution is 5.65. The zero-order valence-corrected chi connectivity index (χ0v) is 16.4. The van der Waals surface area contributed by atoms with E-state index in [2.05, 4.69) is 15.6 Å². The number of halogens is 1. The molecule has 0 aromatic carbocycles. The van der Waals surface area contributed by atoms with E-state index in [-0.39, 0.29) is 6.04 Å². The van der Waals surface area contributed by atoms with Crippen LogP contribution in [-0.2, 0) is 0 Å². The molecule has 2 N–H and O–H groups in total. The topological polar surface area (TPSA) is 85.6 Å². The van der Waals surface area contributed by atoms with E-state index >= 15 is 0 Å². The predicted molar refractivity (Wildman–Crippen MR) is 106 cm³/mol. The van der Waals surface area contributed by atoms with E-state index < -0.39 is 6.17 Å². The van der Waals surface area contributed by atoms with Gasteiger partial charge in [-0.25, -0.2) is 18.9 Å². The maximum atomic E-state index is 14.1. The number of imidazole rings is 1. The highest BCUT2D eigenvalue weighted by Gasteiger charge is 2.30. The predicted octanol–water partition coefficient (Wildman–Crippen LogP) is 2.41. The summed E-state index contributed by atoms with van der Waals surface area (Å²) in [6, 6.07) is 5.24. The van der Waals surface area contributed by atoms with Crippen LogP contribution in [-0.4, -0.2) is 59.1 Å². The maximum Gasteiger partial charge on any atom is 0.169 e. The highest BCUT2D eigenvalue weighted by atomic mass is 19.1. The van der Waals surface area contributed by atoms with E-state index in [0.29, 0.717) is 41.9 Å². The summed E-state index contributed by atoms with van der Waals surface area (Å²) in [6.45, 7) is 0.876. The first-order chi connectivity index (χ1) is 14.2. The molecule has 152 valence electrons. The molecule has 8 nitrogen and oxygen atoms in total. The fourth-order valence-corrected chi connectivity index (χ4v) is 3.71. The van der Waals surface area contributed by atoms with Gasteiger partial charge in [0.25, 0.3) is 0 Å². The minimum Gasteiger partial charge on any atom is -0.495 e. The molecule has 0 radical (unpaired) electrons. The van der Waals surface area contributed by atoms with Gasteiger partial charge in [-0.3, -0.25) is 0 Å². The van der Waals surface area contributed by atoms with Gasteiger partial charge in [-0.1, -0.05) is 0 Å². The minimum absolute atomic E-state index is 0.336. The molecule has 0 bridgehead atoms. The number of nitrogens with zero attached hydrogens (tertiary/aromatic N) is 4. The molecule has 3 aromatic heterocycles. The summed E-state index contributed by atoms with van der Waals surface area (Å²) >= 11 is 0. The van der Waals surface area contributed by atoms with Crippen LogP contribution in [0.3, 0.4) is 0 Å². The van der Waals surface area contributed by atoms with Crippen LogP contribution >= 0.6 is 0 Å². The van der Waals surface area contributed by atoms with Gasteiger partial charge >= 0.3 is 0 Å². The van der Waals surface area contributed by atoms with Crippen LogP contribution in [0.5, 0.6) is 11.5 Å². The normalized spacial score (nSPS) is 21.5. The van der Waals surface area contributed by atoms with Crippen LogP contribution < -0.4 is 20.1 Å². The van der Waals surface area contributed by atoms with Crippen molar-refractivity contribution >= 4 is 11.5 Å². The molecule has 0 unspecified atom stereocenters. The molecule has 2 aliphatic rings. The molecule has 1 saturated carbocycles. The van der Waals surface area contributed by atoms with Gasteiger partial charge < -0.3 is 20.1 Å². The lowest BCUT2D eigenvalue weighted by Crippen LogP contribution is -2.30. The summed E-state index contributed by atoms with van der Waals surface area (Å²) in [4.78, 5) is 9.18. The Labute approximate surface area is 167 Å². The average molecular weight is 398 g/mol. The van der Waals surface area contributed by atoms with Gasteiger partial charge in [-0.05, 0) is 25.0 Å². The maximum absolute atomic E-state index is 14.1. The number of nitrogens with one attached hydrogen (secondary N) is 2. The summed E-state index contributed by atoms with van der Waals surface area (Å²) in [6.07, 6.45) is 3.00. The van der Waals surface area contributed by atoms with E-state index in [1.54, 1.807) is 24.9 Å². The van der Waals surface area contributed by atoms with Crippen molar-refractivity contribution in [3.8, 4) is 22.9 Å². The SMILES string of the molecule is COc1ccc(-c2cnc3cc(OC)c(C4CC4)nn23)nc1N[C@H]1CNC[C@@H]1F. The second kappa shape index (κ2) is 7.14. The van der Waals surface area contributed by atoms with E-state index in [1.165, 1.54) is 0 Å². The van der Waals surface area contributed by atoms with Gasteiger partial charge in [0.15, 0.2) is 17.2 Å². The van der Waals surface area contributed by atoms with Gasteiger partial charge in [-0.15, -0.1) is 0 Å². The van der Waals surface area contributed by atoms with Gasteiger partial charge in [0.2, 0.25) is 0 Å². The molecule has 1 aliphatic heterocycles. The largest absolute Gasteiger partial charge is 0.495 e. The van der Waals surface area contributed by atoms with Crippen LogP contribution in [0.4, 0.5) is 10.2 Å². The van der Waals surface area contributed by atoms with Crippen molar-refractivity contribution < 1.29 is 13.9 Å². The number of rotatable bonds is 6. The summed E-state index contributed by atoms with van der Waals surface area (Å²) < 4.78 is 26.8. The van der Waals surface area contributed by atoms with Crippen molar-refractivity contribution in [3.63, 3.8) is 0 Å². The fraction of sp³-hybridized carbons (Fsp3) is 0.450. The minimum atomic E-state index is -0.976. The van der Waals surface area contributed by atoms with E-state index in [4.69, 9.17) is 19.6 Å². The Bertz CT molecular complexity index is 1050. The summed E-state index contributed by atoms with van der Waals surface area (Å²) in [5.41, 5.74) is 3.08. The van der Waals surface area contributed by atoms with E-state index in [0.717, 1.165) is 30.0 Å². The first-order valence-corrected chi connectivity index (χ1v) is 9.77. The number of aromatic nitrogens is 4. The molecular formula is C20H23FN6O2. The third-order valence-electron chi connectivity index (χ3n) is 5.47. The molecule has 1 aliphatic carbocycles. The van der Waals surface area contributed by atoms with Crippen molar-refractivity contribution in [3.05, 3.63) is 30.1 Å². The standard InChI is InChI=1S/C20H23FN6O2/c1-28-16-6-5-13(24-20(16)25-14-9-22-8-12(14)21)15-10-23-18-7-17(29-2)19(11-3-4-11)26-27(15)18/h5-7,10-12,14,22H,3-4,8-9H2,1-2H3,(H,24,25)/t12-,14-/m0/s1. The van der Waals surface area contributed by atoms with Crippen molar-refractivity contribution in [2.45, 2.75) is 31.0 Å². The summed E-state index contributed by atoms with van der Waals surface area (Å²) in [5, 5.41) is 11.0. The first-order valence-electron chi connectivity index (χ1n) is 9.77. The van der Waals surface area contributed by atoms with Gasteiger partial charge in [0.1, 0.15) is 23.3 Å². The highest BCUT2D eigenvalue weighted by Crippen LogP contribution is 2.43. The zero-order valence-electron chi connectivity index (χ0n) is 16.4. The Kier molecular flexibility index (Phi) is 4.46. The number of hydrogen-bond donors (Lipinski definition) is 2. The molecule has 4 heterocycles. The Morgan fingerprint density at radius 3 is 2.69 bits per heavy atom. The molecule has 1 saturated heterocycles. The van der Waals surface area contributed by atoms with Crippen LogP contribution in [0.25, 0.3) is 17.0 Å².